The molecule has 0 fully saturated rings. The minimum Gasteiger partial charge on any atom is -0.309 e. The first-order valence-electron chi connectivity index (χ1n) is 9.92. The molecule has 3 rings (SSSR count). The zero-order chi connectivity index (χ0) is 20.7. The highest BCUT2D eigenvalue weighted by Crippen LogP contribution is 2.24. The third-order valence-electron chi connectivity index (χ3n) is 4.77. The molecular weight excluding hydrogens is 358 g/mol. The van der Waals surface area contributed by atoms with Crippen molar-refractivity contribution in [2.45, 2.75) is 39.3 Å². The van der Waals surface area contributed by atoms with Gasteiger partial charge in [0.05, 0.1) is 5.69 Å². The van der Waals surface area contributed by atoms with Crippen molar-refractivity contribution in [2.75, 3.05) is 5.43 Å². The van der Waals surface area contributed by atoms with E-state index in [9.17, 15) is 4.79 Å². The maximum absolute atomic E-state index is 12.4. The van der Waals surface area contributed by atoms with Gasteiger partial charge in [0.15, 0.2) is 0 Å². The molecule has 4 heteroatoms. The predicted molar refractivity (Wildman–Crippen MR) is 120 cm³/mol. The van der Waals surface area contributed by atoms with Gasteiger partial charge in [-0.25, -0.2) is 0 Å². The Kier molecular flexibility index (Phi) is 6.68. The van der Waals surface area contributed by atoms with Crippen LogP contribution in [0.4, 0.5) is 5.69 Å². The Balaban J connectivity index is 1.50. The molecule has 0 unspecified atom stereocenters. The number of carbonyl (C=O) groups excluding carboxylic acids is 1. The quantitative estimate of drug-likeness (QED) is 0.498. The van der Waals surface area contributed by atoms with Gasteiger partial charge in [0, 0.05) is 18.7 Å². The van der Waals surface area contributed by atoms with E-state index in [4.69, 9.17) is 0 Å². The molecule has 0 saturated heterocycles. The maximum Gasteiger partial charge on any atom is 0.269 e. The van der Waals surface area contributed by atoms with E-state index in [1.165, 1.54) is 11.1 Å². The first kappa shape index (κ1) is 20.6. The third-order valence-corrected chi connectivity index (χ3v) is 4.77. The summed E-state index contributed by atoms with van der Waals surface area (Å²) in [6.07, 6.45) is 0. The van der Waals surface area contributed by atoms with Crippen LogP contribution in [0, 0.1) is 0 Å². The average Bonchev–Trinajstić information content (AvgIpc) is 2.73. The molecule has 0 heterocycles. The minimum atomic E-state index is -0.157. The number of anilines is 1. The highest BCUT2D eigenvalue weighted by Gasteiger charge is 2.13. The molecule has 0 aliphatic heterocycles. The molecule has 0 atom stereocenters. The van der Waals surface area contributed by atoms with Gasteiger partial charge in [0.2, 0.25) is 0 Å². The lowest BCUT2D eigenvalue weighted by atomic mass is 9.87. The average molecular weight is 388 g/mol. The zero-order valence-electron chi connectivity index (χ0n) is 17.3. The van der Waals surface area contributed by atoms with Crippen LogP contribution in [0.15, 0.2) is 78.9 Å². The van der Waals surface area contributed by atoms with Crippen molar-refractivity contribution in [2.24, 2.45) is 0 Å². The summed E-state index contributed by atoms with van der Waals surface area (Å²) in [6, 6.07) is 26.0. The monoisotopic (exact) mass is 387 g/mol. The maximum atomic E-state index is 12.4. The Labute approximate surface area is 173 Å². The van der Waals surface area contributed by atoms with E-state index < -0.39 is 0 Å². The Morgan fingerprint density at radius 2 is 1.45 bits per heavy atom. The van der Waals surface area contributed by atoms with E-state index in [1.54, 1.807) is 0 Å². The number of rotatable bonds is 7. The molecule has 1 amide bonds. The minimum absolute atomic E-state index is 0.0616. The largest absolute Gasteiger partial charge is 0.309 e. The third kappa shape index (κ3) is 6.19. The highest BCUT2D eigenvalue weighted by molar-refractivity contribution is 5.94. The van der Waals surface area contributed by atoms with Crippen LogP contribution in [0.3, 0.4) is 0 Å². The normalized spacial score (nSPS) is 11.1. The second-order valence-electron chi connectivity index (χ2n) is 8.20. The van der Waals surface area contributed by atoms with Crippen LogP contribution in [0.1, 0.15) is 47.8 Å². The molecule has 0 aliphatic rings. The number of hydrogen-bond acceptors (Lipinski definition) is 3. The lowest BCUT2D eigenvalue weighted by Gasteiger charge is -2.20. The van der Waals surface area contributed by atoms with Crippen LogP contribution in [0.2, 0.25) is 0 Å². The summed E-state index contributed by atoms with van der Waals surface area (Å²) in [5.74, 6) is -0.157. The van der Waals surface area contributed by atoms with Crippen molar-refractivity contribution >= 4 is 11.6 Å². The van der Waals surface area contributed by atoms with E-state index >= 15 is 0 Å². The van der Waals surface area contributed by atoms with Gasteiger partial charge >= 0.3 is 0 Å². The molecule has 3 aromatic carbocycles. The second kappa shape index (κ2) is 9.39. The van der Waals surface area contributed by atoms with Crippen molar-refractivity contribution in [1.29, 1.82) is 0 Å². The van der Waals surface area contributed by atoms with Crippen molar-refractivity contribution in [3.63, 3.8) is 0 Å². The van der Waals surface area contributed by atoms with Gasteiger partial charge in [0.1, 0.15) is 0 Å². The summed E-state index contributed by atoms with van der Waals surface area (Å²) in [7, 11) is 0. The van der Waals surface area contributed by atoms with E-state index in [0.717, 1.165) is 24.3 Å². The number of benzene rings is 3. The molecule has 0 aromatic heterocycles. The molecule has 0 radical (unpaired) electrons. The van der Waals surface area contributed by atoms with Crippen LogP contribution < -0.4 is 16.2 Å². The molecule has 0 aliphatic carbocycles. The van der Waals surface area contributed by atoms with E-state index in [0.29, 0.717) is 5.56 Å². The summed E-state index contributed by atoms with van der Waals surface area (Å²) >= 11 is 0. The summed E-state index contributed by atoms with van der Waals surface area (Å²) in [4.78, 5) is 12.4. The fourth-order valence-electron chi connectivity index (χ4n) is 2.99. The summed E-state index contributed by atoms with van der Waals surface area (Å²) in [5.41, 5.74) is 10.9. The molecule has 4 nitrogen and oxygen atoms in total. The molecule has 150 valence electrons. The van der Waals surface area contributed by atoms with E-state index in [2.05, 4.69) is 61.2 Å². The molecule has 0 saturated carbocycles. The second-order valence-corrected chi connectivity index (χ2v) is 8.20. The molecule has 3 N–H and O–H groups in total. The number of hydrazine groups is 1. The predicted octanol–water partition coefficient (Wildman–Crippen LogP) is 5.03. The van der Waals surface area contributed by atoms with Crippen molar-refractivity contribution < 1.29 is 4.79 Å². The van der Waals surface area contributed by atoms with Gasteiger partial charge in [-0.15, -0.1) is 0 Å². The van der Waals surface area contributed by atoms with Crippen LogP contribution in [0.5, 0.6) is 0 Å². The Morgan fingerprint density at radius 1 is 0.793 bits per heavy atom. The van der Waals surface area contributed by atoms with Crippen molar-refractivity contribution in [3.05, 3.63) is 101 Å². The van der Waals surface area contributed by atoms with Crippen molar-refractivity contribution in [1.82, 2.24) is 10.7 Å². The summed E-state index contributed by atoms with van der Waals surface area (Å²) < 4.78 is 0. The molecule has 0 spiro atoms. The van der Waals surface area contributed by atoms with Gasteiger partial charge < -0.3 is 5.32 Å². The van der Waals surface area contributed by atoms with Gasteiger partial charge in [-0.3, -0.25) is 15.6 Å². The van der Waals surface area contributed by atoms with Crippen LogP contribution >= 0.6 is 0 Å². The molecule has 3 aromatic rings. The number of nitrogens with one attached hydrogen (secondary N) is 3. The first-order valence-corrected chi connectivity index (χ1v) is 9.92. The van der Waals surface area contributed by atoms with Gasteiger partial charge in [0.25, 0.3) is 5.91 Å². The molecule has 0 bridgehead atoms. The fourth-order valence-corrected chi connectivity index (χ4v) is 2.99. The zero-order valence-corrected chi connectivity index (χ0v) is 17.3. The number of amides is 1. The van der Waals surface area contributed by atoms with Crippen LogP contribution in [-0.4, -0.2) is 5.91 Å². The van der Waals surface area contributed by atoms with Gasteiger partial charge in [-0.1, -0.05) is 75.4 Å². The van der Waals surface area contributed by atoms with Gasteiger partial charge in [-0.05, 0) is 46.4 Å². The molecule has 29 heavy (non-hydrogen) atoms. The van der Waals surface area contributed by atoms with Crippen LogP contribution in [-0.2, 0) is 18.5 Å². The Bertz CT molecular complexity index is 928. The SMILES string of the molecule is CC(C)(C)c1cccc(NNC(=O)c2ccc(CNCc3ccccc3)cc2)c1. The van der Waals surface area contributed by atoms with Gasteiger partial charge in [-0.2, -0.15) is 0 Å². The topological polar surface area (TPSA) is 53.2 Å². The van der Waals surface area contributed by atoms with Crippen molar-refractivity contribution in [3.8, 4) is 0 Å². The Morgan fingerprint density at radius 3 is 2.10 bits per heavy atom. The Hall–Kier alpha value is -3.11. The fraction of sp³-hybridized carbons (Fsp3) is 0.240. The summed E-state index contributed by atoms with van der Waals surface area (Å²) in [5, 5.41) is 3.42. The lowest BCUT2D eigenvalue weighted by Crippen LogP contribution is -2.29. The van der Waals surface area contributed by atoms with Crippen LogP contribution in [0.25, 0.3) is 0 Å². The number of hydrogen-bond donors (Lipinski definition) is 3. The van der Waals surface area contributed by atoms with E-state index in [-0.39, 0.29) is 11.3 Å². The van der Waals surface area contributed by atoms with E-state index in [1.807, 2.05) is 54.6 Å². The highest BCUT2D eigenvalue weighted by atomic mass is 16.2. The number of carbonyl (C=O) groups is 1. The molecular formula is C25H29N3O. The summed E-state index contributed by atoms with van der Waals surface area (Å²) in [6.45, 7) is 8.08. The first-order chi connectivity index (χ1) is 13.9. The standard InChI is InChI=1S/C25H29N3O/c1-25(2,3)22-10-7-11-23(16-22)27-28-24(29)21-14-12-20(13-15-21)18-26-17-19-8-5-4-6-9-19/h4-16,26-27H,17-18H2,1-3H3,(H,28,29). The lowest BCUT2D eigenvalue weighted by molar-refractivity contribution is 0.0962. The smallest absolute Gasteiger partial charge is 0.269 e.